The number of amides is 1. The van der Waals surface area contributed by atoms with Gasteiger partial charge in [0.2, 0.25) is 6.79 Å². The molecule has 0 N–H and O–H groups in total. The number of nitrogens with zero attached hydrogens (tertiary/aromatic N) is 2. The molecular weight excluding hydrogens is 324 g/mol. The molecule has 2 aromatic carbocycles. The summed E-state index contributed by atoms with van der Waals surface area (Å²) in [5.41, 5.74) is 2.13. The molecule has 1 saturated heterocycles. The summed E-state index contributed by atoms with van der Waals surface area (Å²) >= 11 is 5.44. The first kappa shape index (κ1) is 14.7. The number of hydrogen-bond acceptors (Lipinski definition) is 4. The van der Waals surface area contributed by atoms with E-state index in [-0.39, 0.29) is 12.7 Å². The minimum absolute atomic E-state index is 0.147. The fourth-order valence-corrected chi connectivity index (χ4v) is 3.01. The third-order valence-electron chi connectivity index (χ3n) is 3.98. The molecule has 0 unspecified atom stereocenters. The van der Waals surface area contributed by atoms with Crippen LogP contribution in [0.5, 0.6) is 11.5 Å². The van der Waals surface area contributed by atoms with Crippen LogP contribution in [0.15, 0.2) is 54.2 Å². The maximum Gasteiger partial charge on any atom is 0.281 e. The number of thiocarbonyl (C=S) groups is 1. The monoisotopic (exact) mass is 338 g/mol. The van der Waals surface area contributed by atoms with Crippen molar-refractivity contribution in [1.29, 1.82) is 0 Å². The molecule has 0 bridgehead atoms. The molecule has 120 valence electrons. The zero-order valence-electron chi connectivity index (χ0n) is 12.9. The van der Waals surface area contributed by atoms with Crippen LogP contribution in [0.1, 0.15) is 5.56 Å². The third-order valence-corrected chi connectivity index (χ3v) is 4.43. The second kappa shape index (κ2) is 5.65. The van der Waals surface area contributed by atoms with Gasteiger partial charge in [0, 0.05) is 7.05 Å². The van der Waals surface area contributed by atoms with E-state index in [0.717, 1.165) is 11.3 Å². The zero-order valence-corrected chi connectivity index (χ0v) is 13.7. The van der Waals surface area contributed by atoms with Crippen LogP contribution in [0.25, 0.3) is 6.08 Å². The molecule has 0 atom stereocenters. The predicted molar refractivity (Wildman–Crippen MR) is 94.8 cm³/mol. The number of carbonyl (C=O) groups is 1. The highest BCUT2D eigenvalue weighted by Gasteiger charge is 2.36. The van der Waals surface area contributed by atoms with E-state index in [9.17, 15) is 4.79 Å². The molecule has 2 aliphatic rings. The number of rotatable bonds is 2. The second-order valence-electron chi connectivity index (χ2n) is 5.46. The highest BCUT2D eigenvalue weighted by molar-refractivity contribution is 7.80. The molecule has 4 rings (SSSR count). The van der Waals surface area contributed by atoms with Crippen LogP contribution in [0, 0.1) is 0 Å². The minimum Gasteiger partial charge on any atom is -0.454 e. The number of anilines is 1. The Kier molecular flexibility index (Phi) is 3.46. The second-order valence-corrected chi connectivity index (χ2v) is 5.83. The highest BCUT2D eigenvalue weighted by Crippen LogP contribution is 2.34. The average molecular weight is 338 g/mol. The lowest BCUT2D eigenvalue weighted by molar-refractivity contribution is -0.114. The smallest absolute Gasteiger partial charge is 0.281 e. The highest BCUT2D eigenvalue weighted by atomic mass is 32.1. The zero-order chi connectivity index (χ0) is 16.7. The summed E-state index contributed by atoms with van der Waals surface area (Å²) in [4.78, 5) is 16.1. The molecule has 0 aliphatic carbocycles. The van der Waals surface area contributed by atoms with E-state index in [1.807, 2.05) is 48.5 Å². The first-order chi connectivity index (χ1) is 11.6. The Morgan fingerprint density at radius 1 is 1.08 bits per heavy atom. The van der Waals surface area contributed by atoms with Gasteiger partial charge in [-0.15, -0.1) is 0 Å². The van der Waals surface area contributed by atoms with Crippen LogP contribution in [-0.2, 0) is 4.79 Å². The molecule has 0 spiro atoms. The van der Waals surface area contributed by atoms with Crippen molar-refractivity contribution < 1.29 is 14.3 Å². The van der Waals surface area contributed by atoms with Crippen LogP contribution in [-0.4, -0.2) is 29.8 Å². The Balaban J connectivity index is 1.71. The first-order valence-electron chi connectivity index (χ1n) is 7.44. The maximum absolute atomic E-state index is 12.8. The number of benzene rings is 2. The average Bonchev–Trinajstić information content (AvgIpc) is 3.14. The lowest BCUT2D eigenvalue weighted by atomic mass is 10.1. The van der Waals surface area contributed by atoms with Gasteiger partial charge >= 0.3 is 0 Å². The van der Waals surface area contributed by atoms with Gasteiger partial charge in [0.15, 0.2) is 16.6 Å². The number of fused-ring (bicyclic) bond motifs is 1. The van der Waals surface area contributed by atoms with Crippen molar-refractivity contribution in [2.75, 3.05) is 18.7 Å². The Bertz CT molecular complexity index is 864. The summed E-state index contributed by atoms with van der Waals surface area (Å²) in [6, 6.07) is 15.0. The van der Waals surface area contributed by atoms with Crippen LogP contribution >= 0.6 is 12.2 Å². The lowest BCUT2D eigenvalue weighted by Gasteiger charge is -2.16. The predicted octanol–water partition coefficient (Wildman–Crippen LogP) is 3.02. The number of ether oxygens (including phenoxy) is 2. The van der Waals surface area contributed by atoms with Crippen LogP contribution in [0.2, 0.25) is 0 Å². The van der Waals surface area contributed by atoms with Crippen molar-refractivity contribution in [3.05, 3.63) is 59.8 Å². The molecule has 6 heteroatoms. The Hall–Kier alpha value is -2.86. The molecule has 24 heavy (non-hydrogen) atoms. The number of likely N-dealkylation sites (N-methyl/N-ethyl adjacent to an activating group) is 1. The molecular formula is C18H14N2O3S. The van der Waals surface area contributed by atoms with Gasteiger partial charge in [-0.05, 0) is 48.1 Å². The van der Waals surface area contributed by atoms with Crippen LogP contribution in [0.3, 0.4) is 0 Å². The standard InChI is InChI=1S/C18H14N2O3S/c1-19-14(9-12-7-8-15-16(10-12)23-11-22-15)17(21)20(18(19)24)13-5-3-2-4-6-13/h2-10H,11H2,1H3. The van der Waals surface area contributed by atoms with E-state index in [0.29, 0.717) is 22.3 Å². The van der Waals surface area contributed by atoms with Crippen molar-refractivity contribution in [3.63, 3.8) is 0 Å². The van der Waals surface area contributed by atoms with Crippen molar-refractivity contribution in [3.8, 4) is 11.5 Å². The van der Waals surface area contributed by atoms with Gasteiger partial charge in [0.1, 0.15) is 5.70 Å². The van der Waals surface area contributed by atoms with E-state index in [1.54, 1.807) is 18.0 Å². The van der Waals surface area contributed by atoms with Crippen LogP contribution in [0.4, 0.5) is 5.69 Å². The molecule has 0 saturated carbocycles. The quantitative estimate of drug-likeness (QED) is 0.622. The van der Waals surface area contributed by atoms with Gasteiger partial charge in [-0.2, -0.15) is 0 Å². The summed E-state index contributed by atoms with van der Waals surface area (Å²) in [6.45, 7) is 0.222. The van der Waals surface area contributed by atoms with E-state index >= 15 is 0 Å². The minimum atomic E-state index is -0.147. The van der Waals surface area contributed by atoms with Gasteiger partial charge in [0.05, 0.1) is 5.69 Å². The van der Waals surface area contributed by atoms with Gasteiger partial charge in [0.25, 0.3) is 5.91 Å². The molecule has 0 aromatic heterocycles. The Morgan fingerprint density at radius 2 is 1.83 bits per heavy atom. The largest absolute Gasteiger partial charge is 0.454 e. The fourth-order valence-electron chi connectivity index (χ4n) is 2.72. The maximum atomic E-state index is 12.8. The lowest BCUT2D eigenvalue weighted by Crippen LogP contribution is -2.30. The molecule has 2 heterocycles. The summed E-state index contributed by atoms with van der Waals surface area (Å²) in [5, 5.41) is 0.457. The molecule has 2 aliphatic heterocycles. The van der Waals surface area contributed by atoms with E-state index < -0.39 is 0 Å². The van der Waals surface area contributed by atoms with Crippen LogP contribution < -0.4 is 14.4 Å². The molecule has 0 radical (unpaired) electrons. The first-order valence-corrected chi connectivity index (χ1v) is 7.84. The van der Waals surface area contributed by atoms with Gasteiger partial charge in [-0.3, -0.25) is 9.69 Å². The van der Waals surface area contributed by atoms with Gasteiger partial charge in [-0.25, -0.2) is 0 Å². The topological polar surface area (TPSA) is 42.0 Å². The van der Waals surface area contributed by atoms with Gasteiger partial charge < -0.3 is 14.4 Å². The van der Waals surface area contributed by atoms with E-state index in [1.165, 1.54) is 4.90 Å². The Morgan fingerprint density at radius 3 is 2.62 bits per heavy atom. The third kappa shape index (κ3) is 2.32. The SMILES string of the molecule is CN1C(=S)N(c2ccccc2)C(=O)C1=Cc1ccc2c(c1)OCO2. The summed E-state index contributed by atoms with van der Waals surface area (Å²) < 4.78 is 10.7. The molecule has 5 nitrogen and oxygen atoms in total. The number of hydrogen-bond donors (Lipinski definition) is 0. The Labute approximate surface area is 144 Å². The molecule has 1 fully saturated rings. The van der Waals surface area contributed by atoms with Crippen molar-refractivity contribution in [1.82, 2.24) is 4.90 Å². The van der Waals surface area contributed by atoms with E-state index in [2.05, 4.69) is 0 Å². The van der Waals surface area contributed by atoms with Gasteiger partial charge in [-0.1, -0.05) is 24.3 Å². The summed E-state index contributed by atoms with van der Waals surface area (Å²) in [6.07, 6.45) is 1.81. The van der Waals surface area contributed by atoms with E-state index in [4.69, 9.17) is 21.7 Å². The van der Waals surface area contributed by atoms with Crippen molar-refractivity contribution >= 4 is 35.0 Å². The normalized spacial score (nSPS) is 18.0. The summed E-state index contributed by atoms with van der Waals surface area (Å²) in [7, 11) is 1.79. The van der Waals surface area contributed by atoms with Crippen molar-refractivity contribution in [2.24, 2.45) is 0 Å². The number of carbonyl (C=O) groups excluding carboxylic acids is 1. The fraction of sp³-hybridized carbons (Fsp3) is 0.111. The van der Waals surface area contributed by atoms with Crippen molar-refractivity contribution in [2.45, 2.75) is 0 Å². The molecule has 1 amide bonds. The number of para-hydroxylation sites is 1. The molecule has 2 aromatic rings. The summed E-state index contributed by atoms with van der Waals surface area (Å²) in [5.74, 6) is 1.25.